The van der Waals surface area contributed by atoms with Crippen LogP contribution in [0, 0.1) is 23.6 Å². The molecule has 1 aliphatic carbocycles. The van der Waals surface area contributed by atoms with Crippen molar-refractivity contribution in [3.63, 3.8) is 0 Å². The Balaban J connectivity index is 1.50. The second-order valence-corrected chi connectivity index (χ2v) is 7.97. The van der Waals surface area contributed by atoms with E-state index in [0.29, 0.717) is 37.3 Å². The summed E-state index contributed by atoms with van der Waals surface area (Å²) >= 11 is 0. The maximum atomic E-state index is 13.8. The summed E-state index contributed by atoms with van der Waals surface area (Å²) in [4.78, 5) is 38.4. The molecule has 1 aromatic carbocycles. The van der Waals surface area contributed by atoms with E-state index in [0.717, 1.165) is 25.7 Å². The SMILES string of the molecule is NC(=O)CC1CCC2CN(C(=O)c3n[nH]c4c(F)cccc4c3=O)CCC2C1. The molecule has 1 aromatic heterocycles. The molecule has 2 fully saturated rings. The van der Waals surface area contributed by atoms with Crippen LogP contribution in [-0.4, -0.2) is 40.0 Å². The zero-order valence-corrected chi connectivity index (χ0v) is 15.5. The standard InChI is InChI=1S/C20H23FN4O3/c21-15-3-1-2-14-17(15)23-24-18(19(14)27)20(28)25-7-6-12-8-11(9-16(22)26)4-5-13(12)10-25/h1-3,11-13H,4-10H2,(H2,22,26)(H,23,27). The van der Waals surface area contributed by atoms with Gasteiger partial charge in [-0.15, -0.1) is 0 Å². The van der Waals surface area contributed by atoms with Crippen molar-refractivity contribution in [1.29, 1.82) is 0 Å². The molecule has 0 spiro atoms. The van der Waals surface area contributed by atoms with E-state index in [-0.39, 0.29) is 22.5 Å². The van der Waals surface area contributed by atoms with Gasteiger partial charge in [-0.05, 0) is 55.6 Å². The molecule has 2 aliphatic rings. The third kappa shape index (κ3) is 3.39. The maximum Gasteiger partial charge on any atom is 0.278 e. The van der Waals surface area contributed by atoms with Gasteiger partial charge in [-0.25, -0.2) is 4.39 Å². The van der Waals surface area contributed by atoms with Gasteiger partial charge in [0.2, 0.25) is 11.3 Å². The van der Waals surface area contributed by atoms with E-state index in [1.54, 1.807) is 4.90 Å². The number of carbonyl (C=O) groups is 2. The third-order valence-corrected chi connectivity index (χ3v) is 6.21. The number of nitrogens with one attached hydrogen (secondary N) is 1. The number of likely N-dealkylation sites (tertiary alicyclic amines) is 1. The number of benzene rings is 1. The van der Waals surface area contributed by atoms with Crippen LogP contribution in [0.3, 0.4) is 0 Å². The molecule has 3 unspecified atom stereocenters. The van der Waals surface area contributed by atoms with Crippen LogP contribution in [0.2, 0.25) is 0 Å². The number of fused-ring (bicyclic) bond motifs is 2. The Labute approximate surface area is 161 Å². The highest BCUT2D eigenvalue weighted by atomic mass is 19.1. The Morgan fingerprint density at radius 3 is 2.86 bits per heavy atom. The lowest BCUT2D eigenvalue weighted by molar-refractivity contribution is -0.119. The predicted octanol–water partition coefficient (Wildman–Crippen LogP) is 1.82. The summed E-state index contributed by atoms with van der Waals surface area (Å²) < 4.78 is 13.8. The van der Waals surface area contributed by atoms with Gasteiger partial charge in [0, 0.05) is 19.5 Å². The number of primary amides is 1. The van der Waals surface area contributed by atoms with Crippen LogP contribution in [0.25, 0.3) is 10.9 Å². The Morgan fingerprint density at radius 2 is 2.07 bits per heavy atom. The van der Waals surface area contributed by atoms with Crippen LogP contribution < -0.4 is 11.2 Å². The molecule has 1 saturated carbocycles. The number of para-hydroxylation sites is 1. The fraction of sp³-hybridized carbons (Fsp3) is 0.500. The van der Waals surface area contributed by atoms with E-state index in [1.807, 2.05) is 0 Å². The Hall–Kier alpha value is -2.77. The van der Waals surface area contributed by atoms with Crippen LogP contribution in [0.15, 0.2) is 23.0 Å². The Morgan fingerprint density at radius 1 is 1.25 bits per heavy atom. The molecule has 148 valence electrons. The first kappa shape index (κ1) is 18.6. The number of carbonyl (C=O) groups excluding carboxylic acids is 2. The van der Waals surface area contributed by atoms with E-state index in [4.69, 9.17) is 5.73 Å². The van der Waals surface area contributed by atoms with E-state index in [9.17, 15) is 18.8 Å². The van der Waals surface area contributed by atoms with Gasteiger partial charge in [-0.1, -0.05) is 6.07 Å². The van der Waals surface area contributed by atoms with Crippen molar-refractivity contribution >= 4 is 22.7 Å². The minimum absolute atomic E-state index is 0.00975. The van der Waals surface area contributed by atoms with Crippen LogP contribution in [-0.2, 0) is 4.79 Å². The van der Waals surface area contributed by atoms with Crippen molar-refractivity contribution in [3.8, 4) is 0 Å². The zero-order valence-electron chi connectivity index (χ0n) is 15.5. The van der Waals surface area contributed by atoms with Gasteiger partial charge in [0.15, 0.2) is 5.69 Å². The first-order chi connectivity index (χ1) is 13.4. The van der Waals surface area contributed by atoms with Crippen molar-refractivity contribution in [2.45, 2.75) is 32.1 Å². The van der Waals surface area contributed by atoms with Gasteiger partial charge in [0.1, 0.15) is 11.3 Å². The number of halogens is 1. The van der Waals surface area contributed by atoms with Gasteiger partial charge >= 0.3 is 0 Å². The summed E-state index contributed by atoms with van der Waals surface area (Å²) in [5, 5.41) is 6.51. The lowest BCUT2D eigenvalue weighted by Crippen LogP contribution is -2.47. The molecule has 7 nitrogen and oxygen atoms in total. The summed E-state index contributed by atoms with van der Waals surface area (Å²) in [6.45, 7) is 1.13. The fourth-order valence-electron chi connectivity index (χ4n) is 4.78. The Bertz CT molecular complexity index is 989. The first-order valence-electron chi connectivity index (χ1n) is 9.68. The van der Waals surface area contributed by atoms with Crippen LogP contribution in [0.1, 0.15) is 42.6 Å². The lowest BCUT2D eigenvalue weighted by atomic mass is 9.70. The molecule has 0 radical (unpaired) electrons. The normalized spacial score (nSPS) is 24.8. The highest BCUT2D eigenvalue weighted by molar-refractivity contribution is 5.95. The van der Waals surface area contributed by atoms with Gasteiger partial charge in [0.25, 0.3) is 5.91 Å². The van der Waals surface area contributed by atoms with Gasteiger partial charge in [0.05, 0.1) is 5.39 Å². The summed E-state index contributed by atoms with van der Waals surface area (Å²) in [6.07, 6.45) is 4.10. The van der Waals surface area contributed by atoms with Crippen molar-refractivity contribution in [1.82, 2.24) is 15.1 Å². The van der Waals surface area contributed by atoms with E-state index in [2.05, 4.69) is 10.2 Å². The number of aromatic nitrogens is 2. The summed E-state index contributed by atoms with van der Waals surface area (Å²) in [5.41, 5.74) is 4.59. The zero-order chi connectivity index (χ0) is 19.8. The van der Waals surface area contributed by atoms with E-state index in [1.165, 1.54) is 18.2 Å². The molecule has 4 rings (SSSR count). The molecule has 3 atom stereocenters. The number of nitrogens with zero attached hydrogens (tertiary/aromatic N) is 2. The van der Waals surface area contributed by atoms with Crippen LogP contribution in [0.4, 0.5) is 4.39 Å². The number of rotatable bonds is 3. The molecular weight excluding hydrogens is 363 g/mol. The molecule has 0 bridgehead atoms. The monoisotopic (exact) mass is 386 g/mol. The highest BCUT2D eigenvalue weighted by Crippen LogP contribution is 2.40. The molecule has 2 aromatic rings. The number of aromatic amines is 1. The molecule has 2 heterocycles. The van der Waals surface area contributed by atoms with Gasteiger partial charge in [-0.2, -0.15) is 5.10 Å². The first-order valence-corrected chi connectivity index (χ1v) is 9.68. The van der Waals surface area contributed by atoms with Crippen molar-refractivity contribution in [2.24, 2.45) is 23.5 Å². The summed E-state index contributed by atoms with van der Waals surface area (Å²) in [5.74, 6) is -0.0762. The van der Waals surface area contributed by atoms with Crippen LogP contribution >= 0.6 is 0 Å². The minimum atomic E-state index is -0.574. The number of H-pyrrole nitrogens is 1. The quantitative estimate of drug-likeness (QED) is 0.838. The molecule has 1 saturated heterocycles. The lowest BCUT2D eigenvalue weighted by Gasteiger charge is -2.43. The molecule has 3 N–H and O–H groups in total. The summed E-state index contributed by atoms with van der Waals surface area (Å²) in [6, 6.07) is 4.17. The second-order valence-electron chi connectivity index (χ2n) is 7.97. The van der Waals surface area contributed by atoms with E-state index >= 15 is 0 Å². The van der Waals surface area contributed by atoms with Gasteiger partial charge in [-0.3, -0.25) is 19.5 Å². The van der Waals surface area contributed by atoms with Crippen LogP contribution in [0.5, 0.6) is 0 Å². The van der Waals surface area contributed by atoms with Crippen molar-refractivity contribution in [3.05, 3.63) is 39.9 Å². The fourth-order valence-corrected chi connectivity index (χ4v) is 4.78. The number of amides is 2. The van der Waals surface area contributed by atoms with Gasteiger partial charge < -0.3 is 10.6 Å². The number of nitrogens with two attached hydrogens (primary N) is 1. The molecular formula is C20H23FN4O3. The highest BCUT2D eigenvalue weighted by Gasteiger charge is 2.37. The number of hydrogen-bond donors (Lipinski definition) is 2. The predicted molar refractivity (Wildman–Crippen MR) is 101 cm³/mol. The second kappa shape index (κ2) is 7.33. The minimum Gasteiger partial charge on any atom is -0.370 e. The largest absolute Gasteiger partial charge is 0.370 e. The Kier molecular flexibility index (Phi) is 4.87. The number of piperidine rings is 1. The topological polar surface area (TPSA) is 109 Å². The van der Waals surface area contributed by atoms with Crippen molar-refractivity contribution < 1.29 is 14.0 Å². The molecule has 1 aliphatic heterocycles. The van der Waals surface area contributed by atoms with Crippen molar-refractivity contribution in [2.75, 3.05) is 13.1 Å². The van der Waals surface area contributed by atoms with E-state index < -0.39 is 17.2 Å². The average Bonchev–Trinajstić information content (AvgIpc) is 2.67. The smallest absolute Gasteiger partial charge is 0.278 e. The number of hydrogen-bond acceptors (Lipinski definition) is 4. The molecule has 8 heteroatoms. The molecule has 28 heavy (non-hydrogen) atoms. The average molecular weight is 386 g/mol. The third-order valence-electron chi connectivity index (χ3n) is 6.21. The molecule has 2 amide bonds. The summed E-state index contributed by atoms with van der Waals surface area (Å²) in [7, 11) is 0. The maximum absolute atomic E-state index is 13.8.